The van der Waals surface area contributed by atoms with E-state index in [0.717, 1.165) is 51.0 Å². The van der Waals surface area contributed by atoms with Gasteiger partial charge in [0.05, 0.1) is 6.61 Å². The van der Waals surface area contributed by atoms with Crippen LogP contribution in [0.3, 0.4) is 0 Å². The molecule has 2 rings (SSSR count). The van der Waals surface area contributed by atoms with Gasteiger partial charge in [0.2, 0.25) is 0 Å². The lowest BCUT2D eigenvalue weighted by molar-refractivity contribution is 0.111. The minimum atomic E-state index is 0.807. The number of hydrogen-bond donors (Lipinski definition) is 0. The van der Waals surface area contributed by atoms with E-state index in [2.05, 4.69) is 28.9 Å². The zero-order chi connectivity index (χ0) is 13.7. The number of piperazine rings is 1. The van der Waals surface area contributed by atoms with Crippen LogP contribution in [0.15, 0.2) is 18.2 Å². The standard InChI is InChI=1S/C15H23ClN2O/c1-3-19-11-10-17-6-8-18(9-7-17)15-12-14(16)5-4-13(15)2/h4-5,12H,3,6-11H2,1-2H3. The predicted octanol–water partition coefficient (Wildman–Crippen LogP) is 2.81. The van der Waals surface area contributed by atoms with Gasteiger partial charge in [-0.2, -0.15) is 0 Å². The van der Waals surface area contributed by atoms with Crippen LogP contribution in [0.1, 0.15) is 12.5 Å². The van der Waals surface area contributed by atoms with Crippen molar-refractivity contribution in [1.29, 1.82) is 0 Å². The molecule has 1 aromatic rings. The molecule has 0 bridgehead atoms. The maximum absolute atomic E-state index is 6.10. The summed E-state index contributed by atoms with van der Waals surface area (Å²) >= 11 is 6.10. The molecule has 4 heteroatoms. The molecule has 106 valence electrons. The first-order valence-corrected chi connectivity index (χ1v) is 7.39. The third-order valence-electron chi connectivity index (χ3n) is 3.64. The summed E-state index contributed by atoms with van der Waals surface area (Å²) < 4.78 is 5.41. The summed E-state index contributed by atoms with van der Waals surface area (Å²) in [4.78, 5) is 4.89. The van der Waals surface area contributed by atoms with Gasteiger partial charge in [-0.15, -0.1) is 0 Å². The van der Waals surface area contributed by atoms with Crippen molar-refractivity contribution >= 4 is 17.3 Å². The number of aryl methyl sites for hydroxylation is 1. The second kappa shape index (κ2) is 7.13. The average molecular weight is 283 g/mol. The van der Waals surface area contributed by atoms with Crippen molar-refractivity contribution in [3.63, 3.8) is 0 Å². The molecule has 1 aliphatic heterocycles. The van der Waals surface area contributed by atoms with Gasteiger partial charge >= 0.3 is 0 Å². The number of nitrogens with zero attached hydrogens (tertiary/aromatic N) is 2. The first kappa shape index (κ1) is 14.6. The number of anilines is 1. The van der Waals surface area contributed by atoms with Crippen LogP contribution in [0.2, 0.25) is 5.02 Å². The topological polar surface area (TPSA) is 15.7 Å². The van der Waals surface area contributed by atoms with E-state index in [-0.39, 0.29) is 0 Å². The van der Waals surface area contributed by atoms with Crippen molar-refractivity contribution in [3.05, 3.63) is 28.8 Å². The van der Waals surface area contributed by atoms with E-state index in [9.17, 15) is 0 Å². The molecule has 1 fully saturated rings. The van der Waals surface area contributed by atoms with Crippen LogP contribution in [-0.4, -0.2) is 50.8 Å². The van der Waals surface area contributed by atoms with Crippen LogP contribution in [0.5, 0.6) is 0 Å². The second-order valence-electron chi connectivity index (χ2n) is 4.96. The first-order chi connectivity index (χ1) is 9.20. The van der Waals surface area contributed by atoms with Gasteiger partial charge in [0.1, 0.15) is 0 Å². The highest BCUT2D eigenvalue weighted by Gasteiger charge is 2.18. The van der Waals surface area contributed by atoms with E-state index in [0.29, 0.717) is 0 Å². The summed E-state index contributed by atoms with van der Waals surface area (Å²) in [5.74, 6) is 0. The average Bonchev–Trinajstić information content (AvgIpc) is 2.43. The van der Waals surface area contributed by atoms with Crippen LogP contribution < -0.4 is 4.90 Å². The van der Waals surface area contributed by atoms with Crippen molar-refractivity contribution in [2.75, 3.05) is 50.8 Å². The quantitative estimate of drug-likeness (QED) is 0.773. The molecule has 1 heterocycles. The number of hydrogen-bond acceptors (Lipinski definition) is 3. The molecular weight excluding hydrogens is 260 g/mol. The summed E-state index contributed by atoms with van der Waals surface area (Å²) in [6, 6.07) is 6.13. The second-order valence-corrected chi connectivity index (χ2v) is 5.39. The lowest BCUT2D eigenvalue weighted by atomic mass is 10.1. The van der Waals surface area contributed by atoms with E-state index in [1.54, 1.807) is 0 Å². The summed E-state index contributed by atoms with van der Waals surface area (Å²) in [5.41, 5.74) is 2.57. The van der Waals surface area contributed by atoms with Crippen molar-refractivity contribution < 1.29 is 4.74 Å². The van der Waals surface area contributed by atoms with Gasteiger partial charge in [-0.1, -0.05) is 17.7 Å². The van der Waals surface area contributed by atoms with Crippen molar-refractivity contribution in [1.82, 2.24) is 4.90 Å². The zero-order valence-electron chi connectivity index (χ0n) is 11.9. The Kier molecular flexibility index (Phi) is 5.49. The molecule has 0 amide bonds. The summed E-state index contributed by atoms with van der Waals surface area (Å²) in [6.07, 6.45) is 0. The Morgan fingerprint density at radius 2 is 1.95 bits per heavy atom. The fourth-order valence-electron chi connectivity index (χ4n) is 2.47. The van der Waals surface area contributed by atoms with Gasteiger partial charge in [-0.05, 0) is 31.5 Å². The van der Waals surface area contributed by atoms with Crippen LogP contribution in [0.25, 0.3) is 0 Å². The Morgan fingerprint density at radius 3 is 2.63 bits per heavy atom. The molecule has 0 saturated carbocycles. The molecule has 19 heavy (non-hydrogen) atoms. The fourth-order valence-corrected chi connectivity index (χ4v) is 2.64. The SMILES string of the molecule is CCOCCN1CCN(c2cc(Cl)ccc2C)CC1. The van der Waals surface area contributed by atoms with Gasteiger partial charge in [-0.25, -0.2) is 0 Å². The van der Waals surface area contributed by atoms with Gasteiger partial charge < -0.3 is 9.64 Å². The normalized spacial score (nSPS) is 16.9. The number of halogens is 1. The highest BCUT2D eigenvalue weighted by atomic mass is 35.5. The van der Waals surface area contributed by atoms with Gasteiger partial charge in [-0.3, -0.25) is 4.90 Å². The maximum atomic E-state index is 6.10. The van der Waals surface area contributed by atoms with Gasteiger partial charge in [0.25, 0.3) is 0 Å². The van der Waals surface area contributed by atoms with E-state index in [1.165, 1.54) is 11.3 Å². The van der Waals surface area contributed by atoms with Crippen LogP contribution in [-0.2, 0) is 4.74 Å². The molecule has 0 atom stereocenters. The minimum Gasteiger partial charge on any atom is -0.380 e. The predicted molar refractivity (Wildman–Crippen MR) is 81.3 cm³/mol. The largest absolute Gasteiger partial charge is 0.380 e. The van der Waals surface area contributed by atoms with Crippen LogP contribution >= 0.6 is 11.6 Å². The molecule has 1 saturated heterocycles. The molecule has 1 aliphatic rings. The van der Waals surface area contributed by atoms with E-state index < -0.39 is 0 Å². The Bertz CT molecular complexity index is 403. The Labute approximate surface area is 121 Å². The minimum absolute atomic E-state index is 0.807. The summed E-state index contributed by atoms with van der Waals surface area (Å²) in [7, 11) is 0. The third kappa shape index (κ3) is 4.10. The first-order valence-electron chi connectivity index (χ1n) is 7.02. The Hall–Kier alpha value is -0.770. The van der Waals surface area contributed by atoms with Gasteiger partial charge in [0, 0.05) is 50.0 Å². The Balaban J connectivity index is 1.87. The highest BCUT2D eigenvalue weighted by Crippen LogP contribution is 2.25. The number of rotatable bonds is 5. The summed E-state index contributed by atoms with van der Waals surface area (Å²) in [6.45, 7) is 11.2. The molecule has 0 N–H and O–H groups in total. The lowest BCUT2D eigenvalue weighted by Gasteiger charge is -2.36. The highest BCUT2D eigenvalue weighted by molar-refractivity contribution is 6.30. The molecule has 0 aliphatic carbocycles. The smallest absolute Gasteiger partial charge is 0.0593 e. The monoisotopic (exact) mass is 282 g/mol. The van der Waals surface area contributed by atoms with E-state index in [4.69, 9.17) is 16.3 Å². The van der Waals surface area contributed by atoms with Crippen molar-refractivity contribution in [2.45, 2.75) is 13.8 Å². The van der Waals surface area contributed by atoms with Crippen molar-refractivity contribution in [2.24, 2.45) is 0 Å². The molecule has 0 unspecified atom stereocenters. The molecule has 0 aromatic heterocycles. The Morgan fingerprint density at radius 1 is 1.21 bits per heavy atom. The van der Waals surface area contributed by atoms with E-state index >= 15 is 0 Å². The molecule has 0 radical (unpaired) electrons. The van der Waals surface area contributed by atoms with E-state index in [1.807, 2.05) is 13.0 Å². The maximum Gasteiger partial charge on any atom is 0.0593 e. The molecular formula is C15H23ClN2O. The zero-order valence-corrected chi connectivity index (χ0v) is 12.6. The fraction of sp³-hybridized carbons (Fsp3) is 0.600. The third-order valence-corrected chi connectivity index (χ3v) is 3.88. The number of benzene rings is 1. The molecule has 3 nitrogen and oxygen atoms in total. The lowest BCUT2D eigenvalue weighted by Crippen LogP contribution is -2.47. The molecule has 0 spiro atoms. The summed E-state index contributed by atoms with van der Waals surface area (Å²) in [5, 5.41) is 0.819. The van der Waals surface area contributed by atoms with Crippen LogP contribution in [0, 0.1) is 6.92 Å². The number of ether oxygens (including phenoxy) is 1. The van der Waals surface area contributed by atoms with Crippen LogP contribution in [0.4, 0.5) is 5.69 Å². The molecule has 1 aromatic carbocycles. The van der Waals surface area contributed by atoms with Gasteiger partial charge in [0.15, 0.2) is 0 Å². The van der Waals surface area contributed by atoms with Crippen molar-refractivity contribution in [3.8, 4) is 0 Å².